The number of halogens is 5. The molecule has 24 heavy (non-hydrogen) atoms. The number of benzene rings is 1. The summed E-state index contributed by atoms with van der Waals surface area (Å²) in [4.78, 5) is 0. The van der Waals surface area contributed by atoms with Crippen molar-refractivity contribution in [1.82, 2.24) is 4.48 Å². The summed E-state index contributed by atoms with van der Waals surface area (Å²) in [7, 11) is 0. The van der Waals surface area contributed by atoms with E-state index in [0.717, 1.165) is 8.96 Å². The fraction of sp³-hybridized carbons (Fsp3) is 0.0625. The van der Waals surface area contributed by atoms with Crippen LogP contribution >= 0.6 is 31.9 Å². The second kappa shape index (κ2) is 5.23. The zero-order chi connectivity index (χ0) is 17.2. The predicted octanol–water partition coefficient (Wildman–Crippen LogP) is 5.07. The fourth-order valence-corrected chi connectivity index (χ4v) is 4.39. The molecule has 0 aliphatic carbocycles. The van der Waals surface area contributed by atoms with Gasteiger partial charge in [-0.15, -0.1) is 0 Å². The van der Waals surface area contributed by atoms with Crippen LogP contribution in [0.15, 0.2) is 52.8 Å². The molecule has 0 amide bonds. The average Bonchev–Trinajstić information content (AvgIpc) is 3.09. The van der Waals surface area contributed by atoms with E-state index in [4.69, 9.17) is 0 Å². The normalized spacial score (nSPS) is 18.2. The Bertz CT molecular complexity index is 989. The summed E-state index contributed by atoms with van der Waals surface area (Å²) in [5, 5.41) is 0. The van der Waals surface area contributed by atoms with Crippen LogP contribution in [0.2, 0.25) is 0 Å². The number of nitrogens with zero attached hydrogens (tertiary/aromatic N) is 2. The van der Waals surface area contributed by atoms with Gasteiger partial charge in [0, 0.05) is 39.3 Å². The topological polar surface area (TPSA) is 7.94 Å². The minimum absolute atomic E-state index is 0.249. The molecule has 0 saturated carbocycles. The van der Waals surface area contributed by atoms with E-state index in [1.54, 1.807) is 49.4 Å². The molecule has 0 N–H and O–H groups in total. The zero-order valence-electron chi connectivity index (χ0n) is 12.4. The Morgan fingerprint density at radius 1 is 1.08 bits per heavy atom. The van der Waals surface area contributed by atoms with Crippen LogP contribution in [0, 0.1) is 12.7 Å². The van der Waals surface area contributed by atoms with Gasteiger partial charge in [-0.25, -0.2) is 4.39 Å². The van der Waals surface area contributed by atoms with Crippen molar-refractivity contribution in [3.8, 4) is 0 Å². The highest BCUT2D eigenvalue weighted by Gasteiger charge is 2.54. The quantitative estimate of drug-likeness (QED) is 0.528. The first-order chi connectivity index (χ1) is 11.3. The summed E-state index contributed by atoms with van der Waals surface area (Å²) in [5.41, 5.74) is 1.79. The van der Waals surface area contributed by atoms with Gasteiger partial charge in [-0.1, -0.05) is 18.2 Å². The Hall–Kier alpha value is -1.54. The van der Waals surface area contributed by atoms with Gasteiger partial charge in [-0.05, 0) is 40.5 Å². The molecule has 0 saturated heterocycles. The molecular formula is C16H10BBr2F3N2. The van der Waals surface area contributed by atoms with E-state index in [-0.39, 0.29) is 20.6 Å². The van der Waals surface area contributed by atoms with E-state index in [1.807, 2.05) is 0 Å². The Kier molecular flexibility index (Phi) is 3.48. The maximum atomic E-state index is 15.1. The van der Waals surface area contributed by atoms with Crippen LogP contribution in [-0.4, -0.2) is 20.6 Å². The largest absolute Gasteiger partial charge is 0.738 e. The smallest absolute Gasteiger partial charge is 0.389 e. The maximum absolute atomic E-state index is 15.1. The van der Waals surface area contributed by atoms with E-state index in [1.165, 1.54) is 0 Å². The van der Waals surface area contributed by atoms with Crippen LogP contribution in [0.4, 0.5) is 13.0 Å². The van der Waals surface area contributed by atoms with Crippen molar-refractivity contribution in [1.29, 1.82) is 0 Å². The second-order valence-corrected chi connectivity index (χ2v) is 7.35. The van der Waals surface area contributed by atoms with Crippen molar-refractivity contribution >= 4 is 49.0 Å². The van der Waals surface area contributed by atoms with Gasteiger partial charge >= 0.3 is 6.97 Å². The van der Waals surface area contributed by atoms with Gasteiger partial charge in [-0.2, -0.15) is 0 Å². The van der Waals surface area contributed by atoms with Crippen molar-refractivity contribution in [2.24, 2.45) is 0 Å². The molecule has 3 heterocycles. The van der Waals surface area contributed by atoms with Crippen molar-refractivity contribution < 1.29 is 17.5 Å². The molecule has 0 spiro atoms. The summed E-state index contributed by atoms with van der Waals surface area (Å²) < 4.78 is 47.2. The standard InChI is InChI=1S/C16H10BBr2F3N2/c1-9-3-2-4-10(16(9)20)15-11-5-7-13(18)23(11)17(21,22)24-12(15)6-8-14(24)19/h2-8H,1H3. The number of hydrogen-bond acceptors (Lipinski definition) is 0. The predicted molar refractivity (Wildman–Crippen MR) is 96.0 cm³/mol. The van der Waals surface area contributed by atoms with Gasteiger partial charge in [-0.3, -0.25) is 0 Å². The fourth-order valence-electron chi connectivity index (χ4n) is 3.25. The highest BCUT2D eigenvalue weighted by molar-refractivity contribution is 9.18. The Labute approximate surface area is 153 Å². The molecular weight excluding hydrogens is 448 g/mol. The molecule has 0 unspecified atom stereocenters. The van der Waals surface area contributed by atoms with E-state index < -0.39 is 12.8 Å². The first-order valence-electron chi connectivity index (χ1n) is 7.23. The third kappa shape index (κ3) is 1.99. The molecule has 8 heteroatoms. The minimum atomic E-state index is -4.09. The van der Waals surface area contributed by atoms with Crippen molar-refractivity contribution in [3.63, 3.8) is 0 Å². The summed E-state index contributed by atoms with van der Waals surface area (Å²) >= 11 is 6.38. The molecule has 122 valence electrons. The molecule has 0 fully saturated rings. The van der Waals surface area contributed by atoms with Gasteiger partial charge in [0.2, 0.25) is 4.62 Å². The van der Waals surface area contributed by atoms with E-state index >= 15 is 8.63 Å². The molecule has 0 bridgehead atoms. The summed E-state index contributed by atoms with van der Waals surface area (Å²) in [6, 6.07) is 8.14. The zero-order valence-corrected chi connectivity index (χ0v) is 15.6. The van der Waals surface area contributed by atoms with Gasteiger partial charge in [0.25, 0.3) is 0 Å². The van der Waals surface area contributed by atoms with Gasteiger partial charge in [0.05, 0.1) is 10.2 Å². The Morgan fingerprint density at radius 2 is 1.83 bits per heavy atom. The Balaban J connectivity index is 2.15. The minimum Gasteiger partial charge on any atom is -0.389 e. The van der Waals surface area contributed by atoms with Gasteiger partial charge in [0.15, 0.2) is 5.70 Å². The molecule has 2 nitrogen and oxygen atoms in total. The highest BCUT2D eigenvalue weighted by atomic mass is 79.9. The molecule has 0 atom stereocenters. The molecule has 1 aromatic heterocycles. The number of allylic oxidation sites excluding steroid dienone is 2. The van der Waals surface area contributed by atoms with Crippen molar-refractivity contribution in [2.45, 2.75) is 6.92 Å². The van der Waals surface area contributed by atoms with E-state index in [0.29, 0.717) is 16.7 Å². The molecule has 4 rings (SSSR count). The number of fused-ring (bicyclic) bond motifs is 2. The van der Waals surface area contributed by atoms with Crippen molar-refractivity contribution in [3.05, 3.63) is 75.4 Å². The maximum Gasteiger partial charge on any atom is 0.738 e. The van der Waals surface area contributed by atoms with Crippen LogP contribution in [0.1, 0.15) is 16.8 Å². The van der Waals surface area contributed by atoms with Gasteiger partial charge in [0.1, 0.15) is 5.82 Å². The first kappa shape index (κ1) is 16.0. The highest BCUT2D eigenvalue weighted by Crippen LogP contribution is 2.42. The third-order valence-electron chi connectivity index (χ3n) is 4.33. The van der Waals surface area contributed by atoms with Crippen LogP contribution in [0.5, 0.6) is 0 Å². The Morgan fingerprint density at radius 3 is 2.58 bits per heavy atom. The van der Waals surface area contributed by atoms with E-state index in [9.17, 15) is 4.39 Å². The van der Waals surface area contributed by atoms with Crippen LogP contribution in [-0.2, 0) is 0 Å². The lowest BCUT2D eigenvalue weighted by molar-refractivity contribution is -0.358. The van der Waals surface area contributed by atoms with Crippen LogP contribution < -0.4 is 0 Å². The number of rotatable bonds is 1. The first-order valence-corrected chi connectivity index (χ1v) is 8.82. The third-order valence-corrected chi connectivity index (χ3v) is 5.62. The summed E-state index contributed by atoms with van der Waals surface area (Å²) in [5.74, 6) is -0.405. The molecule has 2 aromatic rings. The monoisotopic (exact) mass is 456 g/mol. The van der Waals surface area contributed by atoms with Crippen LogP contribution in [0.3, 0.4) is 0 Å². The van der Waals surface area contributed by atoms with Crippen LogP contribution in [0.25, 0.3) is 5.57 Å². The molecule has 2 aliphatic rings. The van der Waals surface area contributed by atoms with E-state index in [2.05, 4.69) is 31.9 Å². The molecule has 1 aromatic carbocycles. The number of aryl methyl sites for hydroxylation is 1. The number of hydrogen-bond donors (Lipinski definition) is 0. The average molecular weight is 458 g/mol. The lowest BCUT2D eigenvalue weighted by atomic mass is 9.86. The summed E-state index contributed by atoms with van der Waals surface area (Å²) in [6.45, 7) is -2.43. The molecule has 2 aliphatic heterocycles. The lowest BCUT2D eigenvalue weighted by Crippen LogP contribution is -2.50. The van der Waals surface area contributed by atoms with Gasteiger partial charge < -0.3 is 17.6 Å². The second-order valence-electron chi connectivity index (χ2n) is 5.72. The summed E-state index contributed by atoms with van der Waals surface area (Å²) in [6.07, 6.45) is 3.14. The number of aromatic nitrogens is 1. The van der Waals surface area contributed by atoms with Crippen molar-refractivity contribution in [2.75, 3.05) is 0 Å². The molecule has 0 radical (unpaired) electrons. The SMILES string of the molecule is Cc1cccc(C2=C3C=CC(Br)=[N+]3[B-](F)(F)n3c(Br)ccc32)c1F. The lowest BCUT2D eigenvalue weighted by Gasteiger charge is -2.32.